The van der Waals surface area contributed by atoms with Crippen LogP contribution in [0.1, 0.15) is 10.4 Å². The normalized spacial score (nSPS) is 11.5. The Morgan fingerprint density at radius 2 is 1.83 bits per heavy atom. The number of hydrogen-bond acceptors (Lipinski definition) is 2. The minimum atomic E-state index is -1.16. The number of hydrogen-bond donors (Lipinski definition) is 1. The zero-order valence-electron chi connectivity index (χ0n) is 6.27. The van der Waals surface area contributed by atoms with E-state index < -0.39 is 6.17 Å². The van der Waals surface area contributed by atoms with Gasteiger partial charge < -0.3 is 11.5 Å². The monoisotopic (exact) mass is 344 g/mol. The van der Waals surface area contributed by atoms with Crippen LogP contribution >= 0.6 is 0 Å². The van der Waals surface area contributed by atoms with E-state index in [4.69, 9.17) is 11.5 Å². The van der Waals surface area contributed by atoms with Gasteiger partial charge in [0.25, 0.3) is 0 Å². The third-order valence-corrected chi connectivity index (χ3v) is 1.34. The van der Waals surface area contributed by atoms with Crippen molar-refractivity contribution < 1.29 is 25.9 Å². The number of ketones is 1. The molecule has 0 saturated heterocycles. The topological polar surface area (TPSA) is 66.9 Å². The molecule has 1 aromatic rings. The summed E-state index contributed by atoms with van der Waals surface area (Å²) in [7, 11) is 0. The Labute approximate surface area is 85.4 Å². The van der Waals surface area contributed by atoms with Gasteiger partial charge in [0.15, 0.2) is 5.78 Å². The Hall–Kier alpha value is -0.502. The molecule has 3 nitrogen and oxygen atoms in total. The molecule has 68 valence electrons. The Morgan fingerprint density at radius 1 is 1.33 bits per heavy atom. The first-order chi connectivity index (χ1) is 5.22. The fourth-order valence-corrected chi connectivity index (χ4v) is 0.782. The molecule has 3 N–H and O–H groups in total. The third-order valence-electron chi connectivity index (χ3n) is 1.34. The predicted molar refractivity (Wildman–Crippen MR) is 43.1 cm³/mol. The molecule has 0 saturated carbocycles. The van der Waals surface area contributed by atoms with E-state index in [2.05, 4.69) is 0 Å². The van der Waals surface area contributed by atoms with E-state index in [1.165, 1.54) is 0 Å². The molecule has 0 amide bonds. The van der Waals surface area contributed by atoms with Gasteiger partial charge in [0.2, 0.25) is 0 Å². The Balaban J connectivity index is 0.00000121. The number of carbonyl (C=O) groups is 1. The number of Topliss-reactive ketones (excluding diaryl/α,β-unsaturated/α-hetero) is 1. The summed E-state index contributed by atoms with van der Waals surface area (Å²) >= 11 is 0. The Kier molecular flexibility index (Phi) is 4.98. The molecule has 0 bridgehead atoms. The molecule has 1 rings (SSSR count). The minimum Gasteiger partial charge on any atom is -0.656 e. The van der Waals surface area contributed by atoms with Gasteiger partial charge in [0.05, 0.1) is 0 Å². The van der Waals surface area contributed by atoms with E-state index in [9.17, 15) is 4.79 Å². The van der Waals surface area contributed by atoms with Crippen molar-refractivity contribution in [1.29, 1.82) is 0 Å². The number of nitrogens with one attached hydrogen (secondary N) is 1. The fourth-order valence-electron chi connectivity index (χ4n) is 0.782. The molecule has 0 spiro atoms. The maximum Gasteiger partial charge on any atom is 0.158 e. The molecule has 0 aromatic heterocycles. The summed E-state index contributed by atoms with van der Waals surface area (Å²) in [5, 5.41) is 0. The van der Waals surface area contributed by atoms with Crippen molar-refractivity contribution in [3.8, 4) is 0 Å². The van der Waals surface area contributed by atoms with E-state index >= 15 is 0 Å². The number of nitrogens with two attached hydrogens (primary N) is 1. The van der Waals surface area contributed by atoms with E-state index in [-0.39, 0.29) is 26.8 Å². The number of carbonyl (C=O) groups excluding carboxylic acids is 1. The average Bonchev–Trinajstić information content (AvgIpc) is 2.05. The molecule has 0 aliphatic rings. The molecule has 0 aliphatic carbocycles. The van der Waals surface area contributed by atoms with Gasteiger partial charge in [-0.25, -0.2) is 0 Å². The van der Waals surface area contributed by atoms with Crippen molar-refractivity contribution in [3.05, 3.63) is 41.6 Å². The van der Waals surface area contributed by atoms with E-state index in [0.29, 0.717) is 5.56 Å². The second kappa shape index (κ2) is 5.20. The Morgan fingerprint density at radius 3 is 2.25 bits per heavy atom. The summed E-state index contributed by atoms with van der Waals surface area (Å²) in [6, 6.07) is 8.60. The van der Waals surface area contributed by atoms with Crippen LogP contribution in [-0.2, 0) is 21.1 Å². The molecule has 0 fully saturated rings. The largest absolute Gasteiger partial charge is 0.656 e. The van der Waals surface area contributed by atoms with Gasteiger partial charge in [-0.1, -0.05) is 30.3 Å². The third kappa shape index (κ3) is 2.86. The van der Waals surface area contributed by atoms with Gasteiger partial charge in [0.1, 0.15) is 0 Å². The zero-order valence-corrected chi connectivity index (χ0v) is 8.54. The smallest absolute Gasteiger partial charge is 0.158 e. The Bertz CT molecular complexity index is 248. The molecule has 0 aliphatic heterocycles. The molecule has 1 aromatic carbocycles. The van der Waals surface area contributed by atoms with Crippen LogP contribution in [0.15, 0.2) is 30.3 Å². The summed E-state index contributed by atoms with van der Waals surface area (Å²) in [5.74, 6) is -0.342. The molecule has 1 unspecified atom stereocenters. The number of rotatable bonds is 2. The molecular formula is C8H9N2OPt-. The van der Waals surface area contributed by atoms with Crippen molar-refractivity contribution in [1.82, 2.24) is 0 Å². The molecule has 12 heavy (non-hydrogen) atoms. The van der Waals surface area contributed by atoms with Crippen molar-refractivity contribution >= 4 is 5.78 Å². The van der Waals surface area contributed by atoms with Crippen LogP contribution in [0.25, 0.3) is 5.73 Å². The number of benzene rings is 1. The van der Waals surface area contributed by atoms with Crippen molar-refractivity contribution in [3.63, 3.8) is 0 Å². The van der Waals surface area contributed by atoms with E-state index in [1.807, 2.05) is 6.07 Å². The molecule has 0 heterocycles. The summed E-state index contributed by atoms with van der Waals surface area (Å²) < 4.78 is 0. The second-order valence-electron chi connectivity index (χ2n) is 2.21. The SMILES string of the molecule is [NH-]C(N)C(=O)c1ccccc1.[Pt]. The van der Waals surface area contributed by atoms with Crippen LogP contribution in [0.5, 0.6) is 0 Å². The van der Waals surface area contributed by atoms with Gasteiger partial charge in [-0.15, -0.1) is 0 Å². The zero-order chi connectivity index (χ0) is 8.27. The minimum absolute atomic E-state index is 0. The molecule has 4 heteroatoms. The summed E-state index contributed by atoms with van der Waals surface area (Å²) in [6.07, 6.45) is -1.16. The first-order valence-electron chi connectivity index (χ1n) is 3.28. The van der Waals surface area contributed by atoms with Crippen molar-refractivity contribution in [2.24, 2.45) is 5.73 Å². The second-order valence-corrected chi connectivity index (χ2v) is 2.21. The van der Waals surface area contributed by atoms with Crippen LogP contribution in [0.3, 0.4) is 0 Å². The van der Waals surface area contributed by atoms with Crippen molar-refractivity contribution in [2.75, 3.05) is 0 Å². The first kappa shape index (κ1) is 11.5. The van der Waals surface area contributed by atoms with Gasteiger partial charge in [-0.2, -0.15) is 0 Å². The van der Waals surface area contributed by atoms with Crippen LogP contribution in [0, 0.1) is 0 Å². The van der Waals surface area contributed by atoms with Crippen LogP contribution in [0.2, 0.25) is 0 Å². The van der Waals surface area contributed by atoms with Crippen molar-refractivity contribution in [2.45, 2.75) is 6.17 Å². The van der Waals surface area contributed by atoms with Gasteiger partial charge in [0, 0.05) is 26.6 Å². The summed E-state index contributed by atoms with van der Waals surface area (Å²) in [6.45, 7) is 0. The molecule has 1 atom stereocenters. The van der Waals surface area contributed by atoms with E-state index in [1.54, 1.807) is 24.3 Å². The van der Waals surface area contributed by atoms with Crippen LogP contribution in [-0.4, -0.2) is 11.9 Å². The first-order valence-corrected chi connectivity index (χ1v) is 3.28. The van der Waals surface area contributed by atoms with Gasteiger partial charge >= 0.3 is 0 Å². The van der Waals surface area contributed by atoms with Crippen LogP contribution in [0.4, 0.5) is 0 Å². The fraction of sp³-hybridized carbons (Fsp3) is 0.125. The summed E-state index contributed by atoms with van der Waals surface area (Å²) in [4.78, 5) is 11.0. The maximum absolute atomic E-state index is 11.0. The maximum atomic E-state index is 11.0. The summed E-state index contributed by atoms with van der Waals surface area (Å²) in [5.41, 5.74) is 12.5. The molecular weight excluding hydrogens is 335 g/mol. The standard InChI is InChI=1S/C8H9N2O.Pt/c9-8(10)7(11)6-4-2-1-3-5-6;/h1-5,8-9H,10H2;/q-1;. The average molecular weight is 344 g/mol. The van der Waals surface area contributed by atoms with Crippen LogP contribution < -0.4 is 5.73 Å². The van der Waals surface area contributed by atoms with Gasteiger partial charge in [-0.05, 0) is 6.17 Å². The quantitative estimate of drug-likeness (QED) is 0.820. The predicted octanol–water partition coefficient (Wildman–Crippen LogP) is 1.20. The van der Waals surface area contributed by atoms with E-state index in [0.717, 1.165) is 0 Å². The van der Waals surface area contributed by atoms with Gasteiger partial charge in [-0.3, -0.25) is 4.79 Å². The molecule has 0 radical (unpaired) electrons.